The number of nitrogens with zero attached hydrogens (tertiary/aromatic N) is 2. The Morgan fingerprint density at radius 2 is 2.21 bits per heavy atom. The fourth-order valence-electron chi connectivity index (χ4n) is 1.53. The molecule has 0 amide bonds. The highest BCUT2D eigenvalue weighted by molar-refractivity contribution is 7.13. The molecule has 0 bridgehead atoms. The molecule has 0 fully saturated rings. The fraction of sp³-hybridized carbons (Fsp3) is 0.385. The Bertz CT molecular complexity index is 581. The zero-order valence-corrected chi connectivity index (χ0v) is 12.0. The zero-order valence-electron chi connectivity index (χ0n) is 11.2. The van der Waals surface area contributed by atoms with Crippen LogP contribution in [0.25, 0.3) is 0 Å². The Hall–Kier alpha value is -1.82. The molecule has 19 heavy (non-hydrogen) atoms. The lowest BCUT2D eigenvalue weighted by molar-refractivity contribution is 0.00752. The maximum absolute atomic E-state index is 11.9. The molecule has 2 aromatic heterocycles. The summed E-state index contributed by atoms with van der Waals surface area (Å²) >= 11 is 1.41. The molecule has 0 saturated carbocycles. The van der Waals surface area contributed by atoms with Gasteiger partial charge < -0.3 is 10.5 Å². The predicted molar refractivity (Wildman–Crippen MR) is 75.2 cm³/mol. The van der Waals surface area contributed by atoms with Gasteiger partial charge in [0.25, 0.3) is 0 Å². The third-order valence-electron chi connectivity index (χ3n) is 2.23. The number of hydrogen-bond donors (Lipinski definition) is 1. The van der Waals surface area contributed by atoms with Crippen LogP contribution >= 0.6 is 11.3 Å². The molecule has 0 spiro atoms. The van der Waals surface area contributed by atoms with Crippen molar-refractivity contribution in [2.75, 3.05) is 5.73 Å². The van der Waals surface area contributed by atoms with Gasteiger partial charge in [0.1, 0.15) is 10.5 Å². The number of ether oxygens (including phenoxy) is 1. The van der Waals surface area contributed by atoms with E-state index in [9.17, 15) is 4.79 Å². The Balaban J connectivity index is 2.05. The number of carbonyl (C=O) groups excluding carboxylic acids is 1. The fourth-order valence-corrected chi connectivity index (χ4v) is 2.40. The molecule has 5 nitrogen and oxygen atoms in total. The van der Waals surface area contributed by atoms with E-state index in [1.54, 1.807) is 23.1 Å². The number of esters is 1. The lowest BCUT2D eigenvalue weighted by Gasteiger charge is -2.18. The standard InChI is InChI=1S/C13H17N3O2S/c1-13(2,3)18-12(17)11-5-4-10(19-11)8-16-7-9(14)6-15-16/h4-7H,8,14H2,1-3H3. The highest BCUT2D eigenvalue weighted by atomic mass is 32.1. The number of carbonyl (C=O) groups is 1. The second-order valence-corrected chi connectivity index (χ2v) is 6.41. The van der Waals surface area contributed by atoms with Gasteiger partial charge in [-0.15, -0.1) is 11.3 Å². The number of hydrogen-bond acceptors (Lipinski definition) is 5. The minimum atomic E-state index is -0.475. The molecule has 2 rings (SSSR count). The molecule has 102 valence electrons. The third-order valence-corrected chi connectivity index (χ3v) is 3.28. The topological polar surface area (TPSA) is 70.1 Å². The van der Waals surface area contributed by atoms with Crippen LogP contribution in [0.4, 0.5) is 5.69 Å². The van der Waals surface area contributed by atoms with E-state index in [0.29, 0.717) is 17.1 Å². The summed E-state index contributed by atoms with van der Waals surface area (Å²) in [5.41, 5.74) is 5.76. The van der Waals surface area contributed by atoms with E-state index in [4.69, 9.17) is 10.5 Å². The van der Waals surface area contributed by atoms with Crippen LogP contribution in [0, 0.1) is 0 Å². The van der Waals surface area contributed by atoms with Gasteiger partial charge in [-0.25, -0.2) is 4.79 Å². The van der Waals surface area contributed by atoms with Crippen LogP contribution in [0.3, 0.4) is 0 Å². The quantitative estimate of drug-likeness (QED) is 0.876. The molecular weight excluding hydrogens is 262 g/mol. The molecule has 2 heterocycles. The average molecular weight is 279 g/mol. The van der Waals surface area contributed by atoms with Gasteiger partial charge in [-0.05, 0) is 32.9 Å². The van der Waals surface area contributed by atoms with E-state index < -0.39 is 5.60 Å². The van der Waals surface area contributed by atoms with Gasteiger partial charge in [0, 0.05) is 11.1 Å². The maximum Gasteiger partial charge on any atom is 0.348 e. The van der Waals surface area contributed by atoms with Crippen LogP contribution in [0.1, 0.15) is 35.3 Å². The monoisotopic (exact) mass is 279 g/mol. The van der Waals surface area contributed by atoms with Crippen molar-refractivity contribution in [3.63, 3.8) is 0 Å². The van der Waals surface area contributed by atoms with Crippen molar-refractivity contribution in [3.8, 4) is 0 Å². The van der Waals surface area contributed by atoms with E-state index in [1.165, 1.54) is 11.3 Å². The first kappa shape index (κ1) is 13.6. The van der Waals surface area contributed by atoms with Crippen LogP contribution in [0.5, 0.6) is 0 Å². The van der Waals surface area contributed by atoms with E-state index in [2.05, 4.69) is 5.10 Å². The van der Waals surface area contributed by atoms with Crippen LogP contribution < -0.4 is 5.73 Å². The van der Waals surface area contributed by atoms with Crippen molar-refractivity contribution < 1.29 is 9.53 Å². The summed E-state index contributed by atoms with van der Waals surface area (Å²) in [5, 5.41) is 4.11. The zero-order chi connectivity index (χ0) is 14.0. The lowest BCUT2D eigenvalue weighted by Crippen LogP contribution is -2.23. The molecule has 6 heteroatoms. The molecular formula is C13H17N3O2S. The molecule has 0 aliphatic carbocycles. The number of anilines is 1. The second-order valence-electron chi connectivity index (χ2n) is 5.24. The number of rotatable bonds is 3. The maximum atomic E-state index is 11.9. The van der Waals surface area contributed by atoms with Crippen LogP contribution in [-0.2, 0) is 11.3 Å². The Morgan fingerprint density at radius 3 is 2.79 bits per heavy atom. The highest BCUT2D eigenvalue weighted by Gasteiger charge is 2.19. The van der Waals surface area contributed by atoms with Gasteiger partial charge in [0.15, 0.2) is 0 Å². The van der Waals surface area contributed by atoms with Crippen molar-refractivity contribution in [2.24, 2.45) is 0 Å². The van der Waals surface area contributed by atoms with Gasteiger partial charge in [-0.2, -0.15) is 5.10 Å². The number of aromatic nitrogens is 2. The van der Waals surface area contributed by atoms with E-state index in [1.807, 2.05) is 26.8 Å². The summed E-state index contributed by atoms with van der Waals surface area (Å²) < 4.78 is 7.06. The molecule has 0 aliphatic rings. The van der Waals surface area contributed by atoms with E-state index in [-0.39, 0.29) is 5.97 Å². The summed E-state index contributed by atoms with van der Waals surface area (Å²) in [4.78, 5) is 13.5. The normalized spacial score (nSPS) is 11.5. The molecule has 0 atom stereocenters. The average Bonchev–Trinajstić information content (AvgIpc) is 2.86. The van der Waals surface area contributed by atoms with Gasteiger partial charge in [-0.1, -0.05) is 0 Å². The first-order valence-corrected chi connectivity index (χ1v) is 6.75. The number of nitrogen functional groups attached to an aromatic ring is 1. The Labute approximate surface area is 116 Å². The second kappa shape index (κ2) is 5.05. The van der Waals surface area contributed by atoms with Gasteiger partial charge in [0.2, 0.25) is 0 Å². The van der Waals surface area contributed by atoms with Crippen molar-refractivity contribution in [2.45, 2.75) is 32.9 Å². The highest BCUT2D eigenvalue weighted by Crippen LogP contribution is 2.21. The molecule has 2 N–H and O–H groups in total. The first-order valence-electron chi connectivity index (χ1n) is 5.93. The van der Waals surface area contributed by atoms with Crippen LogP contribution in [0.15, 0.2) is 24.5 Å². The van der Waals surface area contributed by atoms with Crippen molar-refractivity contribution in [1.29, 1.82) is 0 Å². The largest absolute Gasteiger partial charge is 0.456 e. The molecule has 0 saturated heterocycles. The summed E-state index contributed by atoms with van der Waals surface area (Å²) in [6, 6.07) is 3.68. The van der Waals surface area contributed by atoms with Gasteiger partial charge in [-0.3, -0.25) is 4.68 Å². The summed E-state index contributed by atoms with van der Waals surface area (Å²) in [7, 11) is 0. The smallest absolute Gasteiger partial charge is 0.348 e. The molecule has 2 aromatic rings. The summed E-state index contributed by atoms with van der Waals surface area (Å²) in [6.45, 7) is 6.16. The predicted octanol–water partition coefficient (Wildman–Crippen LogP) is 2.53. The molecule has 0 radical (unpaired) electrons. The van der Waals surface area contributed by atoms with Crippen molar-refractivity contribution >= 4 is 23.0 Å². The minimum absolute atomic E-state index is 0.288. The Kier molecular flexibility index (Phi) is 3.61. The lowest BCUT2D eigenvalue weighted by atomic mass is 10.2. The Morgan fingerprint density at radius 1 is 1.47 bits per heavy atom. The van der Waals surface area contributed by atoms with Crippen LogP contribution in [0.2, 0.25) is 0 Å². The van der Waals surface area contributed by atoms with Crippen molar-refractivity contribution in [3.05, 3.63) is 34.3 Å². The SMILES string of the molecule is CC(C)(C)OC(=O)c1ccc(Cn2cc(N)cn2)s1. The summed E-state index contributed by atoms with van der Waals surface area (Å²) in [6.07, 6.45) is 3.36. The third kappa shape index (κ3) is 3.82. The number of thiophene rings is 1. The van der Waals surface area contributed by atoms with Gasteiger partial charge >= 0.3 is 5.97 Å². The number of nitrogens with two attached hydrogens (primary N) is 1. The first-order chi connectivity index (χ1) is 8.83. The van der Waals surface area contributed by atoms with E-state index >= 15 is 0 Å². The molecule has 0 unspecified atom stereocenters. The molecule has 0 aliphatic heterocycles. The summed E-state index contributed by atoms with van der Waals surface area (Å²) in [5.74, 6) is -0.288. The molecule has 0 aromatic carbocycles. The van der Waals surface area contributed by atoms with Gasteiger partial charge in [0.05, 0.1) is 18.4 Å². The van der Waals surface area contributed by atoms with Crippen molar-refractivity contribution in [1.82, 2.24) is 9.78 Å². The van der Waals surface area contributed by atoms with Crippen LogP contribution in [-0.4, -0.2) is 21.4 Å². The minimum Gasteiger partial charge on any atom is -0.456 e. The van der Waals surface area contributed by atoms with E-state index in [0.717, 1.165) is 4.88 Å².